The summed E-state index contributed by atoms with van der Waals surface area (Å²) >= 11 is 0. The van der Waals surface area contributed by atoms with Crippen LogP contribution in [-0.2, 0) is 4.79 Å². The summed E-state index contributed by atoms with van der Waals surface area (Å²) in [6.07, 6.45) is 0.594. The molecule has 6 nitrogen and oxygen atoms in total. The van der Waals surface area contributed by atoms with E-state index in [1.807, 2.05) is 78.5 Å². The zero-order valence-electron chi connectivity index (χ0n) is 16.1. The molecule has 6 heteroatoms. The number of nitrogens with one attached hydrogen (secondary N) is 1. The molecule has 4 rings (SSSR count). The van der Waals surface area contributed by atoms with Crippen molar-refractivity contribution in [2.45, 2.75) is 33.2 Å². The maximum atomic E-state index is 13.2. The molecule has 142 valence electrons. The van der Waals surface area contributed by atoms with Crippen molar-refractivity contribution < 1.29 is 4.79 Å². The Hall–Kier alpha value is -3.41. The normalized spacial score (nSPS) is 12.4. The van der Waals surface area contributed by atoms with Gasteiger partial charge >= 0.3 is 0 Å². The first-order valence-corrected chi connectivity index (χ1v) is 9.36. The van der Waals surface area contributed by atoms with Crippen LogP contribution >= 0.6 is 0 Å². The fourth-order valence-electron chi connectivity index (χ4n) is 3.65. The highest BCUT2D eigenvalue weighted by Crippen LogP contribution is 2.27. The monoisotopic (exact) mass is 374 g/mol. The van der Waals surface area contributed by atoms with Crippen molar-refractivity contribution >= 4 is 28.1 Å². The average molecular weight is 374 g/mol. The number of rotatable bonds is 4. The minimum atomic E-state index is -0.452. The highest BCUT2D eigenvalue weighted by atomic mass is 16.2. The Morgan fingerprint density at radius 2 is 1.82 bits per heavy atom. The molecule has 1 N–H and O–H groups in total. The second-order valence-electron chi connectivity index (χ2n) is 7.01. The second-order valence-corrected chi connectivity index (χ2v) is 7.01. The van der Waals surface area contributed by atoms with Gasteiger partial charge in [-0.2, -0.15) is 4.98 Å². The van der Waals surface area contributed by atoms with E-state index < -0.39 is 6.04 Å². The summed E-state index contributed by atoms with van der Waals surface area (Å²) in [4.78, 5) is 29.4. The maximum absolute atomic E-state index is 13.2. The van der Waals surface area contributed by atoms with Crippen LogP contribution < -0.4 is 10.9 Å². The number of hydrogen-bond acceptors (Lipinski definition) is 3. The van der Waals surface area contributed by atoms with Gasteiger partial charge in [0, 0.05) is 22.8 Å². The topological polar surface area (TPSA) is 68.4 Å². The van der Waals surface area contributed by atoms with Gasteiger partial charge in [-0.3, -0.25) is 14.3 Å². The summed E-state index contributed by atoms with van der Waals surface area (Å²) in [7, 11) is 0. The zero-order valence-corrected chi connectivity index (χ0v) is 16.1. The molecule has 0 aliphatic heterocycles. The van der Waals surface area contributed by atoms with Crippen LogP contribution in [-0.4, -0.2) is 20.1 Å². The lowest BCUT2D eigenvalue weighted by Crippen LogP contribution is -2.29. The van der Waals surface area contributed by atoms with E-state index in [4.69, 9.17) is 0 Å². The third-order valence-electron chi connectivity index (χ3n) is 4.99. The van der Waals surface area contributed by atoms with Crippen molar-refractivity contribution in [1.82, 2.24) is 14.2 Å². The molecule has 0 spiro atoms. The fourth-order valence-corrected chi connectivity index (χ4v) is 3.65. The lowest BCUT2D eigenvalue weighted by atomic mass is 10.1. The third-order valence-corrected chi connectivity index (χ3v) is 4.99. The van der Waals surface area contributed by atoms with E-state index in [-0.39, 0.29) is 11.5 Å². The van der Waals surface area contributed by atoms with Gasteiger partial charge in [0.15, 0.2) is 5.65 Å². The predicted molar refractivity (Wildman–Crippen MR) is 111 cm³/mol. The number of amides is 1. The van der Waals surface area contributed by atoms with Gasteiger partial charge in [-0.25, -0.2) is 4.52 Å². The zero-order chi connectivity index (χ0) is 19.8. The number of para-hydroxylation sites is 1. The molecule has 2 heterocycles. The van der Waals surface area contributed by atoms with Gasteiger partial charge in [-0.05, 0) is 44.5 Å². The molecule has 4 aromatic rings. The summed E-state index contributed by atoms with van der Waals surface area (Å²) in [6.45, 7) is 5.84. The molecule has 0 aliphatic carbocycles. The van der Waals surface area contributed by atoms with Crippen LogP contribution in [0.25, 0.3) is 16.6 Å². The van der Waals surface area contributed by atoms with Gasteiger partial charge < -0.3 is 5.32 Å². The molecule has 0 fully saturated rings. The maximum Gasteiger partial charge on any atom is 0.273 e. The molecule has 0 bridgehead atoms. The van der Waals surface area contributed by atoms with E-state index in [9.17, 15) is 9.59 Å². The number of fused-ring (bicyclic) bond motifs is 3. The van der Waals surface area contributed by atoms with Crippen LogP contribution in [0.4, 0.5) is 5.69 Å². The summed E-state index contributed by atoms with van der Waals surface area (Å²) in [6, 6.07) is 16.5. The smallest absolute Gasteiger partial charge is 0.273 e. The number of hydrogen-bond donors (Lipinski definition) is 1. The van der Waals surface area contributed by atoms with Crippen molar-refractivity contribution in [3.05, 3.63) is 76.2 Å². The van der Waals surface area contributed by atoms with Crippen molar-refractivity contribution in [1.29, 1.82) is 0 Å². The molecule has 0 aliphatic rings. The summed E-state index contributed by atoms with van der Waals surface area (Å²) < 4.78 is 3.81. The number of nitrogens with zero attached hydrogens (tertiary/aromatic N) is 3. The van der Waals surface area contributed by atoms with Gasteiger partial charge in [-0.15, -0.1) is 0 Å². The fraction of sp³-hybridized carbons (Fsp3) is 0.227. The Bertz CT molecular complexity index is 1240. The van der Waals surface area contributed by atoms with Crippen molar-refractivity contribution in [2.24, 2.45) is 0 Å². The molecule has 1 unspecified atom stereocenters. The van der Waals surface area contributed by atoms with Gasteiger partial charge in [0.1, 0.15) is 6.04 Å². The quantitative estimate of drug-likeness (QED) is 0.590. The van der Waals surface area contributed by atoms with Gasteiger partial charge in [-0.1, -0.05) is 36.8 Å². The molecule has 1 atom stereocenters. The number of aryl methyl sites for hydroxylation is 2. The number of aromatic nitrogens is 3. The van der Waals surface area contributed by atoms with Crippen LogP contribution in [0.15, 0.2) is 59.4 Å². The Morgan fingerprint density at radius 3 is 2.54 bits per heavy atom. The molecule has 0 saturated heterocycles. The average Bonchev–Trinajstić information content (AvgIpc) is 2.99. The Balaban J connectivity index is 1.88. The lowest BCUT2D eigenvalue weighted by molar-refractivity contribution is -0.119. The first-order chi connectivity index (χ1) is 13.5. The number of carbonyl (C=O) groups is 1. The van der Waals surface area contributed by atoms with Crippen LogP contribution in [0.3, 0.4) is 0 Å². The SMILES string of the molecule is CCC(C(=O)Nc1ccc(C)cc1)n1c2ccccc2c2nc(=O)cc(C)n21. The largest absolute Gasteiger partial charge is 0.324 e. The van der Waals surface area contributed by atoms with E-state index in [1.54, 1.807) is 0 Å². The first-order valence-electron chi connectivity index (χ1n) is 9.36. The van der Waals surface area contributed by atoms with Crippen molar-refractivity contribution in [3.8, 4) is 0 Å². The van der Waals surface area contributed by atoms with Crippen LogP contribution in [0.1, 0.15) is 30.6 Å². The molecule has 0 radical (unpaired) electrons. The molecule has 2 aromatic carbocycles. The molecule has 1 amide bonds. The van der Waals surface area contributed by atoms with Crippen LogP contribution in [0, 0.1) is 13.8 Å². The molecular formula is C22H22N4O2. The summed E-state index contributed by atoms with van der Waals surface area (Å²) in [5.41, 5.74) is 3.80. The number of anilines is 1. The number of carbonyl (C=O) groups excluding carboxylic acids is 1. The minimum Gasteiger partial charge on any atom is -0.324 e. The highest BCUT2D eigenvalue weighted by Gasteiger charge is 2.24. The Labute approximate surface area is 162 Å². The first kappa shape index (κ1) is 18.0. The molecule has 2 aromatic heterocycles. The Kier molecular flexibility index (Phi) is 4.47. The van der Waals surface area contributed by atoms with Crippen molar-refractivity contribution in [3.63, 3.8) is 0 Å². The van der Waals surface area contributed by atoms with E-state index >= 15 is 0 Å². The van der Waals surface area contributed by atoms with E-state index in [0.717, 1.165) is 27.8 Å². The second kappa shape index (κ2) is 6.96. The molecular weight excluding hydrogens is 352 g/mol. The van der Waals surface area contributed by atoms with Gasteiger partial charge in [0.25, 0.3) is 5.56 Å². The standard InChI is InChI=1S/C22H22N4O2/c1-4-18(22(28)23-16-11-9-14(2)10-12-16)26-19-8-6-5-7-17(19)21-24-20(27)13-15(3)25(21)26/h5-13,18H,4H2,1-3H3,(H,23,28). The number of benzene rings is 2. The summed E-state index contributed by atoms with van der Waals surface area (Å²) in [5.74, 6) is -0.105. The molecule has 0 saturated carbocycles. The minimum absolute atomic E-state index is 0.105. The van der Waals surface area contributed by atoms with Gasteiger partial charge in [0.2, 0.25) is 5.91 Å². The van der Waals surface area contributed by atoms with Crippen LogP contribution in [0.2, 0.25) is 0 Å². The van der Waals surface area contributed by atoms with E-state index in [2.05, 4.69) is 10.3 Å². The predicted octanol–water partition coefficient (Wildman–Crippen LogP) is 3.86. The Morgan fingerprint density at radius 1 is 1.11 bits per heavy atom. The third kappa shape index (κ3) is 2.97. The van der Waals surface area contributed by atoms with E-state index in [0.29, 0.717) is 12.1 Å². The summed E-state index contributed by atoms with van der Waals surface area (Å²) in [5, 5.41) is 3.87. The lowest BCUT2D eigenvalue weighted by Gasteiger charge is -2.20. The van der Waals surface area contributed by atoms with Crippen molar-refractivity contribution in [2.75, 3.05) is 5.32 Å². The van der Waals surface area contributed by atoms with Gasteiger partial charge in [0.05, 0.1) is 5.52 Å². The van der Waals surface area contributed by atoms with E-state index in [1.165, 1.54) is 6.07 Å². The highest BCUT2D eigenvalue weighted by molar-refractivity contribution is 5.97. The van der Waals surface area contributed by atoms with Crippen LogP contribution in [0.5, 0.6) is 0 Å². The molecule has 28 heavy (non-hydrogen) atoms.